The number of amides is 1. The minimum atomic E-state index is -0.00477. The number of alkyl halides is 1. The molecule has 4 rings (SSSR count). The summed E-state index contributed by atoms with van der Waals surface area (Å²) in [6.45, 7) is 1.22. The molecule has 4 fully saturated rings. The molecule has 4 heteroatoms. The van der Waals surface area contributed by atoms with Crippen LogP contribution >= 0.6 is 11.6 Å². The van der Waals surface area contributed by atoms with E-state index in [4.69, 9.17) is 16.3 Å². The predicted molar refractivity (Wildman–Crippen MR) is 84.4 cm³/mol. The predicted octanol–water partition coefficient (Wildman–Crippen LogP) is 3.35. The Morgan fingerprint density at radius 1 is 1.24 bits per heavy atom. The highest BCUT2D eigenvalue weighted by Crippen LogP contribution is 2.61. The van der Waals surface area contributed by atoms with E-state index in [0.29, 0.717) is 18.6 Å². The van der Waals surface area contributed by atoms with Crippen molar-refractivity contribution < 1.29 is 9.53 Å². The normalized spacial score (nSPS) is 38.5. The summed E-state index contributed by atoms with van der Waals surface area (Å²) >= 11 is 6.09. The summed E-state index contributed by atoms with van der Waals surface area (Å²) in [6, 6.07) is 0. The minimum absolute atomic E-state index is 0.00477. The molecule has 4 saturated carbocycles. The first-order valence-corrected chi connectivity index (χ1v) is 8.92. The van der Waals surface area contributed by atoms with E-state index in [-0.39, 0.29) is 11.3 Å². The Bertz CT molecular complexity index is 350. The van der Waals surface area contributed by atoms with Crippen LogP contribution in [0.2, 0.25) is 0 Å². The van der Waals surface area contributed by atoms with Gasteiger partial charge in [0.25, 0.3) is 0 Å². The number of halogens is 1. The fraction of sp³-hybridized carbons (Fsp3) is 0.941. The Labute approximate surface area is 133 Å². The highest BCUT2D eigenvalue weighted by Gasteiger charge is 2.51. The summed E-state index contributed by atoms with van der Waals surface area (Å²) in [5, 5.41) is 3.06. The van der Waals surface area contributed by atoms with E-state index in [1.165, 1.54) is 38.5 Å². The van der Waals surface area contributed by atoms with Crippen LogP contribution in [0.3, 0.4) is 0 Å². The molecule has 0 aromatic carbocycles. The summed E-state index contributed by atoms with van der Waals surface area (Å²) in [7, 11) is 1.65. The number of hydrogen-bond donors (Lipinski definition) is 1. The summed E-state index contributed by atoms with van der Waals surface area (Å²) in [4.78, 5) is 12.3. The second-order valence-electron chi connectivity index (χ2n) is 7.79. The quantitative estimate of drug-likeness (QED) is 0.732. The maximum Gasteiger partial charge on any atom is 0.220 e. The minimum Gasteiger partial charge on any atom is -0.383 e. The molecular formula is C17H28ClNO2. The standard InChI is InChI=1S/C17H28ClNO2/c1-21-11-15(18)2-3-19-16(20)10-17-7-12-4-13(8-17)6-14(5-12)9-17/h12-15H,2-11H2,1H3,(H,19,20). The van der Waals surface area contributed by atoms with Gasteiger partial charge in [-0.15, -0.1) is 11.6 Å². The lowest BCUT2D eigenvalue weighted by Crippen LogP contribution is -2.48. The highest BCUT2D eigenvalue weighted by atomic mass is 35.5. The molecule has 1 atom stereocenters. The average molecular weight is 314 g/mol. The fourth-order valence-electron chi connectivity index (χ4n) is 5.54. The van der Waals surface area contributed by atoms with E-state index >= 15 is 0 Å². The van der Waals surface area contributed by atoms with E-state index in [1.54, 1.807) is 7.11 Å². The lowest BCUT2D eigenvalue weighted by atomic mass is 9.49. The second-order valence-corrected chi connectivity index (χ2v) is 8.40. The van der Waals surface area contributed by atoms with Crippen molar-refractivity contribution in [2.75, 3.05) is 20.3 Å². The molecular weight excluding hydrogens is 286 g/mol. The third-order valence-electron chi connectivity index (χ3n) is 5.83. The van der Waals surface area contributed by atoms with Gasteiger partial charge in [-0.05, 0) is 68.1 Å². The van der Waals surface area contributed by atoms with E-state index in [1.807, 2.05) is 0 Å². The van der Waals surface area contributed by atoms with Crippen LogP contribution in [0, 0.1) is 23.2 Å². The van der Waals surface area contributed by atoms with Crippen LogP contribution in [0.15, 0.2) is 0 Å². The number of hydrogen-bond acceptors (Lipinski definition) is 2. The van der Waals surface area contributed by atoms with E-state index in [0.717, 1.165) is 30.6 Å². The van der Waals surface area contributed by atoms with Gasteiger partial charge in [-0.25, -0.2) is 0 Å². The summed E-state index contributed by atoms with van der Waals surface area (Å²) in [6.07, 6.45) is 9.73. The van der Waals surface area contributed by atoms with Crippen molar-refractivity contribution in [3.05, 3.63) is 0 Å². The molecule has 0 heterocycles. The van der Waals surface area contributed by atoms with Gasteiger partial charge in [0.1, 0.15) is 0 Å². The van der Waals surface area contributed by atoms with Crippen molar-refractivity contribution >= 4 is 17.5 Å². The monoisotopic (exact) mass is 313 g/mol. The van der Waals surface area contributed by atoms with Crippen LogP contribution in [0.1, 0.15) is 51.4 Å². The van der Waals surface area contributed by atoms with E-state index in [9.17, 15) is 4.79 Å². The molecule has 1 unspecified atom stereocenters. The lowest BCUT2D eigenvalue weighted by Gasteiger charge is -2.56. The number of rotatable bonds is 7. The van der Waals surface area contributed by atoms with Crippen molar-refractivity contribution in [3.8, 4) is 0 Å². The van der Waals surface area contributed by atoms with Crippen molar-refractivity contribution in [3.63, 3.8) is 0 Å². The smallest absolute Gasteiger partial charge is 0.220 e. The molecule has 120 valence electrons. The van der Waals surface area contributed by atoms with Crippen molar-refractivity contribution in [1.82, 2.24) is 5.32 Å². The topological polar surface area (TPSA) is 38.3 Å². The first-order chi connectivity index (χ1) is 10.1. The van der Waals surface area contributed by atoms with Crippen LogP contribution in [0.4, 0.5) is 0 Å². The molecule has 4 aliphatic rings. The summed E-state index contributed by atoms with van der Waals surface area (Å²) < 4.78 is 5.01. The molecule has 4 bridgehead atoms. The SMILES string of the molecule is COCC(Cl)CCNC(=O)CC12CC3CC(CC(C3)C1)C2. The number of carbonyl (C=O) groups excluding carboxylic acids is 1. The van der Waals surface area contributed by atoms with Crippen LogP contribution in [0.5, 0.6) is 0 Å². The number of ether oxygens (including phenoxy) is 1. The molecule has 3 nitrogen and oxygen atoms in total. The van der Waals surface area contributed by atoms with Gasteiger partial charge in [-0.1, -0.05) is 0 Å². The van der Waals surface area contributed by atoms with Crippen LogP contribution in [-0.2, 0) is 9.53 Å². The fourth-order valence-corrected chi connectivity index (χ4v) is 5.78. The molecule has 4 aliphatic carbocycles. The van der Waals surface area contributed by atoms with Gasteiger partial charge < -0.3 is 10.1 Å². The number of nitrogens with one attached hydrogen (secondary N) is 1. The molecule has 1 amide bonds. The molecule has 21 heavy (non-hydrogen) atoms. The molecule has 1 N–H and O–H groups in total. The Kier molecular flexibility index (Phi) is 4.80. The molecule has 0 aromatic rings. The van der Waals surface area contributed by atoms with Crippen molar-refractivity contribution in [2.24, 2.45) is 23.2 Å². The zero-order chi connectivity index (χ0) is 14.9. The van der Waals surface area contributed by atoms with Crippen molar-refractivity contribution in [1.29, 1.82) is 0 Å². The Morgan fingerprint density at radius 3 is 2.33 bits per heavy atom. The first kappa shape index (κ1) is 15.6. The third-order valence-corrected chi connectivity index (χ3v) is 6.17. The molecule has 0 aromatic heterocycles. The zero-order valence-corrected chi connectivity index (χ0v) is 13.8. The Hall–Kier alpha value is -0.280. The van der Waals surface area contributed by atoms with Gasteiger partial charge in [-0.2, -0.15) is 0 Å². The summed E-state index contributed by atoms with van der Waals surface area (Å²) in [5.74, 6) is 2.98. The van der Waals surface area contributed by atoms with E-state index < -0.39 is 0 Å². The number of carbonyl (C=O) groups is 1. The van der Waals surface area contributed by atoms with Crippen LogP contribution in [0.25, 0.3) is 0 Å². The maximum absolute atomic E-state index is 12.3. The van der Waals surface area contributed by atoms with Gasteiger partial charge in [0.2, 0.25) is 5.91 Å². The maximum atomic E-state index is 12.3. The third kappa shape index (κ3) is 3.73. The summed E-state index contributed by atoms with van der Waals surface area (Å²) in [5.41, 5.74) is 0.339. The lowest BCUT2D eigenvalue weighted by molar-refractivity contribution is -0.129. The Morgan fingerprint density at radius 2 is 1.81 bits per heavy atom. The van der Waals surface area contributed by atoms with Crippen LogP contribution in [-0.4, -0.2) is 31.5 Å². The second kappa shape index (κ2) is 6.45. The van der Waals surface area contributed by atoms with Gasteiger partial charge in [0.05, 0.1) is 12.0 Å². The molecule has 0 radical (unpaired) electrons. The number of methoxy groups -OCH3 is 1. The highest BCUT2D eigenvalue weighted by molar-refractivity contribution is 6.20. The van der Waals surface area contributed by atoms with Crippen LogP contribution < -0.4 is 5.32 Å². The van der Waals surface area contributed by atoms with E-state index in [2.05, 4.69) is 5.32 Å². The molecule has 0 saturated heterocycles. The van der Waals surface area contributed by atoms with Crippen molar-refractivity contribution in [2.45, 2.75) is 56.7 Å². The zero-order valence-electron chi connectivity index (χ0n) is 13.1. The Balaban J connectivity index is 1.44. The van der Waals surface area contributed by atoms with Gasteiger partial charge >= 0.3 is 0 Å². The molecule has 0 spiro atoms. The largest absolute Gasteiger partial charge is 0.383 e. The molecule has 0 aliphatic heterocycles. The average Bonchev–Trinajstić information content (AvgIpc) is 2.36. The van der Waals surface area contributed by atoms with Gasteiger partial charge in [0.15, 0.2) is 0 Å². The van der Waals surface area contributed by atoms with Gasteiger partial charge in [-0.3, -0.25) is 4.79 Å². The van der Waals surface area contributed by atoms with Gasteiger partial charge in [0, 0.05) is 20.1 Å². The first-order valence-electron chi connectivity index (χ1n) is 8.48.